The lowest BCUT2D eigenvalue weighted by molar-refractivity contribution is 0.250. The zero-order chi connectivity index (χ0) is 22.6. The first-order chi connectivity index (χ1) is 16.2. The van der Waals surface area contributed by atoms with Crippen LogP contribution in [0.25, 0.3) is 16.9 Å². The topological polar surface area (TPSA) is 59.2 Å². The second kappa shape index (κ2) is 9.77. The van der Waals surface area contributed by atoms with Gasteiger partial charge in [0, 0.05) is 38.8 Å². The monoisotopic (exact) mass is 462 g/mol. The van der Waals surface area contributed by atoms with Crippen molar-refractivity contribution in [3.8, 4) is 5.82 Å². The van der Waals surface area contributed by atoms with Crippen LogP contribution in [0.2, 0.25) is 5.02 Å². The zero-order valence-electron chi connectivity index (χ0n) is 18.5. The number of anilines is 1. The van der Waals surface area contributed by atoms with Gasteiger partial charge >= 0.3 is 0 Å². The van der Waals surface area contributed by atoms with Crippen molar-refractivity contribution in [2.75, 3.05) is 37.6 Å². The molecule has 1 aliphatic heterocycles. The number of halogens is 1. The number of hydrogen-bond acceptors (Lipinski definition) is 5. The molecule has 3 heterocycles. The molecule has 2 aromatic heterocycles. The van der Waals surface area contributed by atoms with Gasteiger partial charge in [-0.1, -0.05) is 35.9 Å². The average Bonchev–Trinajstić information content (AvgIpc) is 3.28. The summed E-state index contributed by atoms with van der Waals surface area (Å²) < 4.78 is 3.49. The third-order valence-corrected chi connectivity index (χ3v) is 6.53. The Morgan fingerprint density at radius 2 is 1.61 bits per heavy atom. The van der Waals surface area contributed by atoms with E-state index in [4.69, 9.17) is 11.6 Å². The van der Waals surface area contributed by atoms with Crippen molar-refractivity contribution in [3.63, 3.8) is 0 Å². The van der Waals surface area contributed by atoms with E-state index >= 15 is 0 Å². The van der Waals surface area contributed by atoms with Gasteiger partial charge in [0.15, 0.2) is 5.82 Å². The smallest absolute Gasteiger partial charge is 0.266 e. The lowest BCUT2D eigenvalue weighted by atomic mass is 10.2. The molecule has 0 radical (unpaired) electrons. The van der Waals surface area contributed by atoms with Crippen LogP contribution in [-0.2, 0) is 6.54 Å². The highest BCUT2D eigenvalue weighted by Gasteiger charge is 2.18. The maximum absolute atomic E-state index is 12.3. The molecule has 170 valence electrons. The second-order valence-corrected chi connectivity index (χ2v) is 8.75. The minimum absolute atomic E-state index is 0.0727. The maximum Gasteiger partial charge on any atom is 0.266 e. The number of rotatable bonds is 7. The molecular weight excluding hydrogens is 436 g/mol. The van der Waals surface area contributed by atoms with Gasteiger partial charge in [-0.05, 0) is 49.7 Å². The molecule has 1 saturated heterocycles. The highest BCUT2D eigenvalue weighted by Crippen LogP contribution is 2.26. The van der Waals surface area contributed by atoms with Gasteiger partial charge < -0.3 is 4.90 Å². The van der Waals surface area contributed by atoms with Crippen LogP contribution in [0.1, 0.15) is 12.8 Å². The normalized spacial score (nSPS) is 14.8. The minimum atomic E-state index is -0.0727. The van der Waals surface area contributed by atoms with Crippen molar-refractivity contribution >= 4 is 28.3 Å². The molecule has 0 aliphatic carbocycles. The van der Waals surface area contributed by atoms with Crippen molar-refractivity contribution < 1.29 is 0 Å². The van der Waals surface area contributed by atoms with Crippen molar-refractivity contribution in [2.45, 2.75) is 19.4 Å². The van der Waals surface area contributed by atoms with E-state index in [1.807, 2.05) is 47.0 Å². The molecule has 2 aromatic carbocycles. The van der Waals surface area contributed by atoms with E-state index < -0.39 is 0 Å². The predicted molar refractivity (Wildman–Crippen MR) is 132 cm³/mol. The Hall–Kier alpha value is -3.16. The molecule has 7 nitrogen and oxygen atoms in total. The molecule has 33 heavy (non-hydrogen) atoms. The Morgan fingerprint density at radius 1 is 0.848 bits per heavy atom. The molecule has 1 fully saturated rings. The Labute approximate surface area is 197 Å². The number of nitrogens with zero attached hydrogens (tertiary/aromatic N) is 6. The molecule has 4 aromatic rings. The number of piperazine rings is 1. The van der Waals surface area contributed by atoms with Gasteiger partial charge in [-0.2, -0.15) is 5.10 Å². The highest BCUT2D eigenvalue weighted by atomic mass is 35.5. The molecule has 8 heteroatoms. The van der Waals surface area contributed by atoms with Gasteiger partial charge in [0.1, 0.15) is 6.33 Å². The average molecular weight is 463 g/mol. The van der Waals surface area contributed by atoms with Gasteiger partial charge in [0.2, 0.25) is 0 Å². The maximum atomic E-state index is 12.3. The third-order valence-electron chi connectivity index (χ3n) is 6.21. The summed E-state index contributed by atoms with van der Waals surface area (Å²) >= 11 is 6.35. The molecule has 1 aliphatic rings. The van der Waals surface area contributed by atoms with E-state index in [-0.39, 0.29) is 5.56 Å². The van der Waals surface area contributed by atoms with Crippen LogP contribution in [0, 0.1) is 0 Å². The van der Waals surface area contributed by atoms with Gasteiger partial charge in [0.05, 0.1) is 21.7 Å². The first kappa shape index (κ1) is 21.7. The van der Waals surface area contributed by atoms with Gasteiger partial charge in [-0.3, -0.25) is 14.3 Å². The molecule has 0 bridgehead atoms. The summed E-state index contributed by atoms with van der Waals surface area (Å²) in [5.41, 5.74) is 2.93. The molecular formula is C25H27ClN6O. The fourth-order valence-corrected chi connectivity index (χ4v) is 4.64. The van der Waals surface area contributed by atoms with Crippen LogP contribution in [0.4, 0.5) is 5.69 Å². The number of para-hydroxylation sites is 3. The summed E-state index contributed by atoms with van der Waals surface area (Å²) in [5.74, 6) is 0.707. The minimum Gasteiger partial charge on any atom is -0.368 e. The van der Waals surface area contributed by atoms with Crippen LogP contribution >= 0.6 is 11.6 Å². The number of benzene rings is 2. The van der Waals surface area contributed by atoms with Gasteiger partial charge in [-0.25, -0.2) is 9.67 Å². The largest absolute Gasteiger partial charge is 0.368 e. The Kier molecular flexibility index (Phi) is 6.41. The van der Waals surface area contributed by atoms with Crippen molar-refractivity contribution in [1.29, 1.82) is 0 Å². The summed E-state index contributed by atoms with van der Waals surface area (Å²) in [6.07, 6.45) is 3.69. The van der Waals surface area contributed by atoms with E-state index in [1.165, 1.54) is 0 Å². The number of unbranched alkanes of at least 4 members (excludes halogenated alkanes) is 1. The van der Waals surface area contributed by atoms with Crippen molar-refractivity contribution in [3.05, 3.63) is 82.4 Å². The van der Waals surface area contributed by atoms with E-state index in [0.717, 1.165) is 67.3 Å². The molecule has 0 atom stereocenters. The van der Waals surface area contributed by atoms with E-state index in [2.05, 4.69) is 25.9 Å². The van der Waals surface area contributed by atoms with Crippen LogP contribution in [0.5, 0.6) is 0 Å². The fraction of sp³-hybridized carbons (Fsp3) is 0.320. The molecule has 5 rings (SSSR count). The summed E-state index contributed by atoms with van der Waals surface area (Å²) in [5, 5.41) is 5.41. The van der Waals surface area contributed by atoms with Crippen LogP contribution in [-0.4, -0.2) is 57.0 Å². The number of fused-ring (bicyclic) bond motifs is 1. The molecule has 0 spiro atoms. The van der Waals surface area contributed by atoms with Crippen molar-refractivity contribution in [2.24, 2.45) is 0 Å². The summed E-state index contributed by atoms with van der Waals surface area (Å²) in [4.78, 5) is 21.6. The number of imidazole rings is 1. The second-order valence-electron chi connectivity index (χ2n) is 8.34. The molecule has 0 unspecified atom stereocenters. The summed E-state index contributed by atoms with van der Waals surface area (Å²) in [6, 6.07) is 19.3. The number of hydrogen-bond donors (Lipinski definition) is 0. The van der Waals surface area contributed by atoms with Crippen LogP contribution in [0.3, 0.4) is 0 Å². The number of aryl methyl sites for hydroxylation is 1. The zero-order valence-corrected chi connectivity index (χ0v) is 19.2. The lowest BCUT2D eigenvalue weighted by Crippen LogP contribution is -2.46. The quantitative estimate of drug-likeness (QED) is 0.390. The standard InChI is InChI=1S/C25H27ClN6O/c26-20-7-1-3-9-22(20)30-17-15-29(16-18-30)13-5-6-14-32-25(33)12-11-24(28-32)31-19-27-21-8-2-4-10-23(21)31/h1-4,7-12,19H,5-6,13-18H2. The van der Waals surface area contributed by atoms with Gasteiger partial charge in [0.25, 0.3) is 5.56 Å². The van der Waals surface area contributed by atoms with Crippen LogP contribution in [0.15, 0.2) is 71.8 Å². The predicted octanol–water partition coefficient (Wildman–Crippen LogP) is 3.84. The Morgan fingerprint density at radius 3 is 2.45 bits per heavy atom. The first-order valence-electron chi connectivity index (χ1n) is 11.4. The Bertz CT molecular complexity index is 1290. The number of aromatic nitrogens is 4. The third kappa shape index (κ3) is 4.79. The van der Waals surface area contributed by atoms with Gasteiger partial charge in [-0.15, -0.1) is 0 Å². The van der Waals surface area contributed by atoms with Crippen molar-refractivity contribution in [1.82, 2.24) is 24.2 Å². The first-order valence-corrected chi connectivity index (χ1v) is 11.8. The lowest BCUT2D eigenvalue weighted by Gasteiger charge is -2.36. The molecule has 0 amide bonds. The summed E-state index contributed by atoms with van der Waals surface area (Å²) in [7, 11) is 0. The van der Waals surface area contributed by atoms with E-state index in [0.29, 0.717) is 12.4 Å². The summed E-state index contributed by atoms with van der Waals surface area (Å²) in [6.45, 7) is 5.63. The van der Waals surface area contributed by atoms with E-state index in [1.54, 1.807) is 23.1 Å². The Balaban J connectivity index is 1.14. The highest BCUT2D eigenvalue weighted by molar-refractivity contribution is 6.33. The molecule has 0 saturated carbocycles. The van der Waals surface area contributed by atoms with E-state index in [9.17, 15) is 4.79 Å². The molecule has 0 N–H and O–H groups in total. The van der Waals surface area contributed by atoms with Crippen LogP contribution < -0.4 is 10.5 Å². The SMILES string of the molecule is O=c1ccc(-n2cnc3ccccc32)nn1CCCCN1CCN(c2ccccc2Cl)CC1. The fourth-order valence-electron chi connectivity index (χ4n) is 4.39.